The van der Waals surface area contributed by atoms with Crippen molar-refractivity contribution in [1.82, 2.24) is 9.80 Å². The fourth-order valence-electron chi connectivity index (χ4n) is 5.59. The van der Waals surface area contributed by atoms with Gasteiger partial charge in [0.2, 0.25) is 5.91 Å². The van der Waals surface area contributed by atoms with Crippen molar-refractivity contribution in [3.63, 3.8) is 0 Å². The molecule has 1 saturated heterocycles. The van der Waals surface area contributed by atoms with Gasteiger partial charge in [0.05, 0.1) is 11.1 Å². The van der Waals surface area contributed by atoms with E-state index >= 15 is 0 Å². The van der Waals surface area contributed by atoms with E-state index in [-0.39, 0.29) is 17.7 Å². The second-order valence-electron chi connectivity index (χ2n) is 9.58. The van der Waals surface area contributed by atoms with E-state index in [4.69, 9.17) is 11.6 Å². The molecule has 1 saturated carbocycles. The molecule has 3 aliphatic rings. The van der Waals surface area contributed by atoms with Crippen LogP contribution in [0.4, 0.5) is 11.4 Å². The SMILES string of the molecule is CN1CCN(C(=O)c2cccc(N3C(=O)C4(CC4c4ccc(Cl)cc4)c4ccccc43)c2)CC1. The zero-order chi connectivity index (χ0) is 23.4. The Morgan fingerprint density at radius 2 is 1.68 bits per heavy atom. The molecular weight excluding hydrogens is 446 g/mol. The Hall–Kier alpha value is -3.15. The monoisotopic (exact) mass is 471 g/mol. The predicted molar refractivity (Wildman–Crippen MR) is 134 cm³/mol. The molecule has 5 nitrogen and oxygen atoms in total. The van der Waals surface area contributed by atoms with E-state index in [9.17, 15) is 9.59 Å². The number of hydrogen-bond donors (Lipinski definition) is 0. The number of likely N-dealkylation sites (N-methyl/N-ethyl adjacent to an activating group) is 1. The van der Waals surface area contributed by atoms with Gasteiger partial charge in [0.1, 0.15) is 0 Å². The fraction of sp³-hybridized carbons (Fsp3) is 0.286. The van der Waals surface area contributed by atoms with Crippen LogP contribution in [0, 0.1) is 0 Å². The Morgan fingerprint density at radius 1 is 0.941 bits per heavy atom. The smallest absolute Gasteiger partial charge is 0.254 e. The fourth-order valence-corrected chi connectivity index (χ4v) is 5.72. The second kappa shape index (κ2) is 7.97. The summed E-state index contributed by atoms with van der Waals surface area (Å²) in [5.74, 6) is 0.228. The summed E-state index contributed by atoms with van der Waals surface area (Å²) in [6, 6.07) is 23.4. The van der Waals surface area contributed by atoms with Crippen LogP contribution >= 0.6 is 11.6 Å². The molecule has 1 spiro atoms. The molecule has 0 aromatic heterocycles. The molecule has 2 fully saturated rings. The molecule has 2 aliphatic heterocycles. The third-order valence-electron chi connectivity index (χ3n) is 7.59. The Balaban J connectivity index is 1.34. The van der Waals surface area contributed by atoms with Gasteiger partial charge in [-0.2, -0.15) is 0 Å². The summed E-state index contributed by atoms with van der Waals surface area (Å²) in [4.78, 5) is 33.2. The highest BCUT2D eigenvalue weighted by molar-refractivity contribution is 6.30. The zero-order valence-electron chi connectivity index (χ0n) is 19.1. The number of anilines is 2. The molecule has 172 valence electrons. The molecule has 3 aromatic rings. The number of benzene rings is 3. The van der Waals surface area contributed by atoms with E-state index in [2.05, 4.69) is 18.0 Å². The molecule has 2 heterocycles. The van der Waals surface area contributed by atoms with Gasteiger partial charge < -0.3 is 9.80 Å². The van der Waals surface area contributed by atoms with Crippen LogP contribution in [0.3, 0.4) is 0 Å². The topological polar surface area (TPSA) is 43.9 Å². The van der Waals surface area contributed by atoms with Gasteiger partial charge in [0.25, 0.3) is 5.91 Å². The molecule has 3 aromatic carbocycles. The molecule has 0 bridgehead atoms. The highest BCUT2D eigenvalue weighted by Crippen LogP contribution is 2.67. The maximum absolute atomic E-state index is 14.0. The third kappa shape index (κ3) is 3.26. The van der Waals surface area contributed by atoms with Crippen LogP contribution in [-0.2, 0) is 10.2 Å². The van der Waals surface area contributed by atoms with Crippen molar-refractivity contribution < 1.29 is 9.59 Å². The molecule has 2 atom stereocenters. The van der Waals surface area contributed by atoms with Crippen molar-refractivity contribution in [1.29, 1.82) is 0 Å². The minimum Gasteiger partial charge on any atom is -0.336 e. The molecular formula is C28H26ClN3O2. The van der Waals surface area contributed by atoms with Crippen molar-refractivity contribution in [3.05, 3.63) is 94.5 Å². The summed E-state index contributed by atoms with van der Waals surface area (Å²) in [5, 5.41) is 0.694. The minimum absolute atomic E-state index is 0.0232. The van der Waals surface area contributed by atoms with E-state index in [1.54, 1.807) is 0 Å². The lowest BCUT2D eigenvalue weighted by atomic mass is 9.92. The number of nitrogens with zero attached hydrogens (tertiary/aromatic N) is 3. The number of fused-ring (bicyclic) bond motifs is 2. The van der Waals surface area contributed by atoms with Crippen LogP contribution in [0.1, 0.15) is 33.8 Å². The molecule has 2 unspecified atom stereocenters. The molecule has 6 rings (SSSR count). The summed E-state index contributed by atoms with van der Waals surface area (Å²) >= 11 is 6.10. The summed E-state index contributed by atoms with van der Waals surface area (Å²) in [5.41, 5.74) is 3.92. The molecule has 2 amide bonds. The van der Waals surface area contributed by atoms with Gasteiger partial charge >= 0.3 is 0 Å². The van der Waals surface area contributed by atoms with Crippen LogP contribution in [0.25, 0.3) is 0 Å². The first-order chi connectivity index (χ1) is 16.5. The number of carbonyl (C=O) groups excluding carboxylic acids is 2. The van der Waals surface area contributed by atoms with Gasteiger partial charge in [-0.25, -0.2) is 0 Å². The normalized spacial score (nSPS) is 23.9. The Morgan fingerprint density at radius 3 is 2.44 bits per heavy atom. The van der Waals surface area contributed by atoms with E-state index in [1.807, 2.05) is 76.5 Å². The van der Waals surface area contributed by atoms with E-state index in [0.29, 0.717) is 10.6 Å². The van der Waals surface area contributed by atoms with Gasteiger partial charge in [-0.1, -0.05) is 48.0 Å². The third-order valence-corrected chi connectivity index (χ3v) is 7.84. The summed E-state index contributed by atoms with van der Waals surface area (Å²) in [6.07, 6.45) is 0.779. The maximum atomic E-state index is 14.0. The van der Waals surface area contributed by atoms with Crippen LogP contribution in [0.5, 0.6) is 0 Å². The number of rotatable bonds is 3. The van der Waals surface area contributed by atoms with Crippen LogP contribution in [0.15, 0.2) is 72.8 Å². The van der Waals surface area contributed by atoms with Crippen molar-refractivity contribution in [2.24, 2.45) is 0 Å². The maximum Gasteiger partial charge on any atom is 0.254 e. The molecule has 0 radical (unpaired) electrons. The Bertz CT molecular complexity index is 1280. The van der Waals surface area contributed by atoms with Crippen LogP contribution < -0.4 is 4.90 Å². The number of para-hydroxylation sites is 1. The van der Waals surface area contributed by atoms with Crippen molar-refractivity contribution >= 4 is 34.8 Å². The van der Waals surface area contributed by atoms with Gasteiger partial charge in [0.15, 0.2) is 0 Å². The van der Waals surface area contributed by atoms with Crippen molar-refractivity contribution in [3.8, 4) is 0 Å². The number of halogens is 1. The molecule has 6 heteroatoms. The predicted octanol–water partition coefficient (Wildman–Crippen LogP) is 4.83. The first-order valence-corrected chi connectivity index (χ1v) is 12.1. The average Bonchev–Trinajstić information content (AvgIpc) is 3.56. The van der Waals surface area contributed by atoms with Crippen molar-refractivity contribution in [2.45, 2.75) is 17.8 Å². The largest absolute Gasteiger partial charge is 0.336 e. The summed E-state index contributed by atoms with van der Waals surface area (Å²) < 4.78 is 0. The molecule has 0 N–H and O–H groups in total. The quantitative estimate of drug-likeness (QED) is 0.549. The van der Waals surface area contributed by atoms with E-state index < -0.39 is 5.41 Å². The first-order valence-electron chi connectivity index (χ1n) is 11.8. The highest BCUT2D eigenvalue weighted by Gasteiger charge is 2.67. The van der Waals surface area contributed by atoms with Gasteiger partial charge in [-0.15, -0.1) is 0 Å². The second-order valence-corrected chi connectivity index (χ2v) is 10.0. The lowest BCUT2D eigenvalue weighted by molar-refractivity contribution is -0.119. The van der Waals surface area contributed by atoms with Gasteiger partial charge in [0, 0.05) is 48.4 Å². The minimum atomic E-state index is -0.554. The zero-order valence-corrected chi connectivity index (χ0v) is 19.8. The number of piperazine rings is 1. The highest BCUT2D eigenvalue weighted by atomic mass is 35.5. The lowest BCUT2D eigenvalue weighted by Gasteiger charge is -2.32. The standard InChI is InChI=1S/C28H26ClN3O2/c1-30-13-15-31(16-14-30)26(33)20-5-4-6-22(17-20)32-25-8-3-2-7-23(25)28(27(32)34)18-24(28)19-9-11-21(29)12-10-19/h2-12,17,24H,13-16,18H2,1H3. The number of carbonyl (C=O) groups is 2. The molecule has 34 heavy (non-hydrogen) atoms. The first kappa shape index (κ1) is 21.4. The van der Waals surface area contributed by atoms with Crippen LogP contribution in [-0.4, -0.2) is 54.8 Å². The van der Waals surface area contributed by atoms with Gasteiger partial charge in [-0.05, 0) is 61.0 Å². The number of amides is 2. The van der Waals surface area contributed by atoms with Gasteiger partial charge in [-0.3, -0.25) is 14.5 Å². The Kier molecular flexibility index (Phi) is 5.01. The molecule has 1 aliphatic carbocycles. The number of hydrogen-bond acceptors (Lipinski definition) is 3. The van der Waals surface area contributed by atoms with E-state index in [1.165, 1.54) is 0 Å². The average molecular weight is 472 g/mol. The van der Waals surface area contributed by atoms with E-state index in [0.717, 1.165) is 55.1 Å². The lowest BCUT2D eigenvalue weighted by Crippen LogP contribution is -2.47. The van der Waals surface area contributed by atoms with Crippen LogP contribution in [0.2, 0.25) is 5.02 Å². The van der Waals surface area contributed by atoms with Crippen molar-refractivity contribution in [2.75, 3.05) is 38.1 Å². The summed E-state index contributed by atoms with van der Waals surface area (Å²) in [7, 11) is 2.07. The summed E-state index contributed by atoms with van der Waals surface area (Å²) in [6.45, 7) is 3.18. The Labute approximate surface area is 204 Å².